The van der Waals surface area contributed by atoms with Gasteiger partial charge in [-0.2, -0.15) is 0 Å². The van der Waals surface area contributed by atoms with E-state index in [0.29, 0.717) is 27.6 Å². The van der Waals surface area contributed by atoms with Crippen molar-refractivity contribution in [2.24, 2.45) is 0 Å². The van der Waals surface area contributed by atoms with Crippen LogP contribution in [0.4, 0.5) is 0 Å². The van der Waals surface area contributed by atoms with Crippen molar-refractivity contribution in [1.29, 1.82) is 0 Å². The molecule has 0 saturated heterocycles. The van der Waals surface area contributed by atoms with Crippen molar-refractivity contribution in [1.82, 2.24) is 4.90 Å². The lowest BCUT2D eigenvalue weighted by Crippen LogP contribution is -2.36. The molecule has 2 aromatic rings. The number of halogens is 2. The number of hydrogen-bond acceptors (Lipinski definition) is 4. The Morgan fingerprint density at radius 1 is 0.966 bits per heavy atom. The standard InChI is InChI=1S/C23H27Cl2NO3/c1-26(15-7-5-4-6-8-15)23-16-10-11-17(24)21(25)20(16)22(29-23)14-9-12-18(27-2)19(13-14)28-3/h9-13,15,22-23H,4-8H2,1-3H3. The zero-order valence-electron chi connectivity index (χ0n) is 17.1. The van der Waals surface area contributed by atoms with Crippen LogP contribution in [0, 0.1) is 0 Å². The average molecular weight is 436 g/mol. The van der Waals surface area contributed by atoms with Gasteiger partial charge in [-0.1, -0.05) is 54.6 Å². The quantitative estimate of drug-likeness (QED) is 0.543. The zero-order chi connectivity index (χ0) is 20.5. The van der Waals surface area contributed by atoms with Crippen molar-refractivity contribution in [3.8, 4) is 11.5 Å². The molecule has 4 nitrogen and oxygen atoms in total. The third kappa shape index (κ3) is 3.84. The van der Waals surface area contributed by atoms with E-state index in [1.54, 1.807) is 14.2 Å². The van der Waals surface area contributed by atoms with Crippen LogP contribution in [0.2, 0.25) is 10.0 Å². The van der Waals surface area contributed by atoms with Crippen molar-refractivity contribution in [2.45, 2.75) is 50.5 Å². The fourth-order valence-corrected chi connectivity index (χ4v) is 5.03. The molecule has 6 heteroatoms. The molecule has 2 unspecified atom stereocenters. The molecule has 2 aliphatic rings. The first-order valence-electron chi connectivity index (χ1n) is 10.1. The van der Waals surface area contributed by atoms with Crippen LogP contribution < -0.4 is 9.47 Å². The minimum absolute atomic E-state index is 0.152. The molecule has 1 aliphatic heterocycles. The Bertz CT molecular complexity index is 883. The van der Waals surface area contributed by atoms with Gasteiger partial charge in [-0.15, -0.1) is 0 Å². The number of rotatable bonds is 5. The van der Waals surface area contributed by atoms with Crippen LogP contribution in [0.3, 0.4) is 0 Å². The molecule has 156 valence electrons. The zero-order valence-corrected chi connectivity index (χ0v) is 18.6. The molecule has 0 radical (unpaired) electrons. The first-order valence-corrected chi connectivity index (χ1v) is 10.9. The summed E-state index contributed by atoms with van der Waals surface area (Å²) in [4.78, 5) is 2.36. The van der Waals surface area contributed by atoms with Crippen LogP contribution in [-0.2, 0) is 4.74 Å². The third-order valence-corrected chi connectivity index (χ3v) is 7.01. The smallest absolute Gasteiger partial charge is 0.161 e. The highest BCUT2D eigenvalue weighted by molar-refractivity contribution is 6.42. The maximum Gasteiger partial charge on any atom is 0.161 e. The Labute approximate surface area is 182 Å². The summed E-state index contributed by atoms with van der Waals surface area (Å²) < 4.78 is 17.5. The lowest BCUT2D eigenvalue weighted by molar-refractivity contribution is -0.0816. The summed E-state index contributed by atoms with van der Waals surface area (Å²) in [6, 6.07) is 10.3. The Balaban J connectivity index is 1.74. The number of methoxy groups -OCH3 is 2. The lowest BCUT2D eigenvalue weighted by Gasteiger charge is -2.35. The fourth-order valence-electron chi connectivity index (χ4n) is 4.59. The summed E-state index contributed by atoms with van der Waals surface area (Å²) in [7, 11) is 5.42. The van der Waals surface area contributed by atoms with Gasteiger partial charge in [0.05, 0.1) is 24.3 Å². The van der Waals surface area contributed by atoms with Crippen LogP contribution in [-0.4, -0.2) is 32.2 Å². The van der Waals surface area contributed by atoms with E-state index in [4.69, 9.17) is 37.4 Å². The van der Waals surface area contributed by atoms with Gasteiger partial charge in [0.2, 0.25) is 0 Å². The summed E-state index contributed by atoms with van der Waals surface area (Å²) in [6.45, 7) is 0. The van der Waals surface area contributed by atoms with E-state index < -0.39 is 0 Å². The molecule has 2 aromatic carbocycles. The van der Waals surface area contributed by atoms with Gasteiger partial charge in [-0.3, -0.25) is 4.90 Å². The van der Waals surface area contributed by atoms with Gasteiger partial charge in [0.15, 0.2) is 11.5 Å². The summed E-state index contributed by atoms with van der Waals surface area (Å²) in [6.07, 6.45) is 5.81. The monoisotopic (exact) mass is 435 g/mol. The van der Waals surface area contributed by atoms with E-state index in [1.165, 1.54) is 32.1 Å². The third-order valence-electron chi connectivity index (χ3n) is 6.19. The van der Waals surface area contributed by atoms with Crippen molar-refractivity contribution in [3.05, 3.63) is 57.1 Å². The molecule has 29 heavy (non-hydrogen) atoms. The highest BCUT2D eigenvalue weighted by Gasteiger charge is 2.39. The number of fused-ring (bicyclic) bond motifs is 1. The molecule has 1 heterocycles. The molecule has 1 fully saturated rings. The van der Waals surface area contributed by atoms with Crippen molar-refractivity contribution in [3.63, 3.8) is 0 Å². The van der Waals surface area contributed by atoms with Gasteiger partial charge in [0.1, 0.15) is 12.3 Å². The van der Waals surface area contributed by atoms with Crippen LogP contribution >= 0.6 is 23.2 Å². The summed E-state index contributed by atoms with van der Waals surface area (Å²) in [5.41, 5.74) is 3.00. The van der Waals surface area contributed by atoms with Crippen LogP contribution in [0.1, 0.15) is 61.1 Å². The van der Waals surface area contributed by atoms with Crippen molar-refractivity contribution in [2.75, 3.05) is 21.3 Å². The maximum atomic E-state index is 6.68. The normalized spacial score (nSPS) is 22.0. The second-order valence-corrected chi connectivity index (χ2v) is 8.59. The molecule has 1 saturated carbocycles. The second-order valence-electron chi connectivity index (χ2n) is 7.80. The topological polar surface area (TPSA) is 30.9 Å². The molecular formula is C23H27Cl2NO3. The largest absolute Gasteiger partial charge is 0.493 e. The lowest BCUT2D eigenvalue weighted by atomic mass is 9.93. The summed E-state index contributed by atoms with van der Waals surface area (Å²) in [5.74, 6) is 1.35. The first kappa shape index (κ1) is 20.8. The van der Waals surface area contributed by atoms with E-state index in [9.17, 15) is 0 Å². The Hall–Kier alpha value is -1.46. The average Bonchev–Trinajstić information content (AvgIpc) is 3.16. The predicted molar refractivity (Wildman–Crippen MR) is 116 cm³/mol. The summed E-state index contributed by atoms with van der Waals surface area (Å²) in [5, 5.41) is 1.10. The molecule has 0 spiro atoms. The number of ether oxygens (including phenoxy) is 3. The van der Waals surface area contributed by atoms with E-state index in [1.807, 2.05) is 30.3 Å². The van der Waals surface area contributed by atoms with E-state index in [2.05, 4.69) is 11.9 Å². The van der Waals surface area contributed by atoms with Gasteiger partial charge >= 0.3 is 0 Å². The second kappa shape index (κ2) is 8.73. The highest BCUT2D eigenvalue weighted by Crippen LogP contribution is 2.50. The van der Waals surface area contributed by atoms with Crippen LogP contribution in [0.25, 0.3) is 0 Å². The molecule has 0 amide bonds. The van der Waals surface area contributed by atoms with Crippen molar-refractivity contribution < 1.29 is 14.2 Å². The van der Waals surface area contributed by atoms with Gasteiger partial charge in [0.25, 0.3) is 0 Å². The van der Waals surface area contributed by atoms with Gasteiger partial charge in [-0.05, 0) is 43.7 Å². The van der Waals surface area contributed by atoms with Crippen molar-refractivity contribution >= 4 is 23.2 Å². The molecular weight excluding hydrogens is 409 g/mol. The molecule has 1 aliphatic carbocycles. The SMILES string of the molecule is COc1ccc(C2OC(N(C)C3CCCCC3)c3ccc(Cl)c(Cl)c32)cc1OC. The molecule has 2 atom stereocenters. The molecule has 0 aromatic heterocycles. The Morgan fingerprint density at radius 2 is 1.69 bits per heavy atom. The molecule has 0 N–H and O–H groups in total. The van der Waals surface area contributed by atoms with E-state index >= 15 is 0 Å². The molecule has 4 rings (SSSR count). The highest BCUT2D eigenvalue weighted by atomic mass is 35.5. The Morgan fingerprint density at radius 3 is 2.38 bits per heavy atom. The van der Waals surface area contributed by atoms with Gasteiger partial charge < -0.3 is 14.2 Å². The van der Waals surface area contributed by atoms with Gasteiger partial charge in [-0.25, -0.2) is 0 Å². The van der Waals surface area contributed by atoms with E-state index in [-0.39, 0.29) is 12.3 Å². The Kier molecular flexibility index (Phi) is 6.26. The fraction of sp³-hybridized carbons (Fsp3) is 0.478. The summed E-state index contributed by atoms with van der Waals surface area (Å²) >= 11 is 13.1. The molecule has 0 bridgehead atoms. The van der Waals surface area contributed by atoms with Gasteiger partial charge in [0, 0.05) is 17.2 Å². The minimum Gasteiger partial charge on any atom is -0.493 e. The number of benzene rings is 2. The minimum atomic E-state index is -0.313. The van der Waals surface area contributed by atoms with E-state index in [0.717, 1.165) is 16.7 Å². The van der Waals surface area contributed by atoms with Crippen LogP contribution in [0.5, 0.6) is 11.5 Å². The maximum absolute atomic E-state index is 6.68. The number of hydrogen-bond donors (Lipinski definition) is 0. The first-order chi connectivity index (χ1) is 14.0. The van der Waals surface area contributed by atoms with Crippen LogP contribution in [0.15, 0.2) is 30.3 Å². The number of nitrogens with zero attached hydrogens (tertiary/aromatic N) is 1. The predicted octanol–water partition coefficient (Wildman–Crippen LogP) is 6.39.